The Balaban J connectivity index is 2.40. The van der Waals surface area contributed by atoms with E-state index in [1.165, 1.54) is 38.5 Å². The van der Waals surface area contributed by atoms with Gasteiger partial charge in [-0.2, -0.15) is 0 Å². The first-order valence-electron chi connectivity index (χ1n) is 13.1. The van der Waals surface area contributed by atoms with Crippen molar-refractivity contribution in [2.75, 3.05) is 0 Å². The quantitative estimate of drug-likeness (QED) is 0.199. The fourth-order valence-electron chi connectivity index (χ4n) is 4.37. The molecule has 0 aliphatic carbocycles. The van der Waals surface area contributed by atoms with E-state index in [0.29, 0.717) is 18.3 Å². The summed E-state index contributed by atoms with van der Waals surface area (Å²) < 4.78 is 3.72. The summed E-state index contributed by atoms with van der Waals surface area (Å²) in [6.45, 7) is 9.79. The van der Waals surface area contributed by atoms with Crippen LogP contribution in [0.3, 0.4) is 0 Å². The number of thioether (sulfide) groups is 2. The Morgan fingerprint density at radius 3 is 1.34 bits per heavy atom. The predicted molar refractivity (Wildman–Crippen MR) is 168 cm³/mol. The van der Waals surface area contributed by atoms with Crippen LogP contribution in [0.15, 0.2) is 18.0 Å². The third-order valence-electron chi connectivity index (χ3n) is 6.49. The van der Waals surface area contributed by atoms with Crippen LogP contribution in [0.4, 0.5) is 0 Å². The zero-order valence-corrected chi connectivity index (χ0v) is 32.3. The van der Waals surface area contributed by atoms with Gasteiger partial charge in [0.15, 0.2) is 0 Å². The molecular weight excluding hydrogens is 670 g/mol. The predicted octanol–water partition coefficient (Wildman–Crippen LogP) is 7.95. The van der Waals surface area contributed by atoms with Crippen molar-refractivity contribution < 1.29 is 0 Å². The zero-order chi connectivity index (χ0) is 24.1. The van der Waals surface area contributed by atoms with Crippen molar-refractivity contribution in [3.05, 3.63) is 18.0 Å². The van der Waals surface area contributed by atoms with E-state index in [9.17, 15) is 0 Å². The third-order valence-corrected chi connectivity index (χ3v) is 32.6. The second-order valence-electron chi connectivity index (χ2n) is 12.2. The van der Waals surface area contributed by atoms with E-state index in [1.54, 1.807) is 0 Å². The van der Waals surface area contributed by atoms with Crippen LogP contribution in [-0.2, 0) is 0 Å². The van der Waals surface area contributed by atoms with E-state index >= 15 is 0 Å². The Morgan fingerprint density at radius 2 is 1.06 bits per heavy atom. The average Bonchev–Trinajstić information content (AvgIpc) is 3.28. The van der Waals surface area contributed by atoms with Crippen LogP contribution in [0.2, 0.25) is 40.7 Å². The fourth-order valence-corrected chi connectivity index (χ4v) is 24.7. The maximum atomic E-state index is 2.77. The van der Waals surface area contributed by atoms with Gasteiger partial charge in [0.1, 0.15) is 0 Å². The van der Waals surface area contributed by atoms with E-state index in [0.717, 1.165) is 21.6 Å². The van der Waals surface area contributed by atoms with Crippen molar-refractivity contribution in [2.24, 2.45) is 0 Å². The Hall–Kier alpha value is 1.95. The molecule has 2 rings (SSSR count). The summed E-state index contributed by atoms with van der Waals surface area (Å²) in [6.07, 6.45) is 13.9. The number of allylic oxidation sites excluding steroid dienone is 2. The second kappa shape index (κ2) is 13.5. The fraction of sp³-hybridized carbons (Fsp3) is 0.769. The Morgan fingerprint density at radius 1 is 0.719 bits per heavy atom. The summed E-state index contributed by atoms with van der Waals surface area (Å²) in [5.74, 6) is 0. The van der Waals surface area contributed by atoms with Crippen molar-refractivity contribution in [1.82, 2.24) is 0 Å². The summed E-state index contributed by atoms with van der Waals surface area (Å²) in [5, 5.41) is 5.31. The van der Waals surface area contributed by atoms with Gasteiger partial charge in [-0.1, -0.05) is 0 Å². The van der Waals surface area contributed by atoms with Crippen molar-refractivity contribution in [3.8, 4) is 0 Å². The molecule has 2 heterocycles. The van der Waals surface area contributed by atoms with Gasteiger partial charge < -0.3 is 0 Å². The normalized spacial score (nSPS) is 26.6. The molecule has 0 aromatic rings. The molecule has 0 saturated carbocycles. The van der Waals surface area contributed by atoms with Gasteiger partial charge in [-0.25, -0.2) is 0 Å². The van der Waals surface area contributed by atoms with E-state index in [4.69, 9.17) is 0 Å². The summed E-state index contributed by atoms with van der Waals surface area (Å²) >= 11 is 0.606. The Kier molecular flexibility index (Phi) is 12.7. The molecule has 6 heteroatoms. The molecule has 0 bridgehead atoms. The number of hydrogen-bond acceptors (Lipinski definition) is 2. The first-order chi connectivity index (χ1) is 14.9. The van der Waals surface area contributed by atoms with Crippen LogP contribution in [0.5, 0.6) is 0 Å². The van der Waals surface area contributed by atoms with Gasteiger partial charge in [-0.15, -0.1) is 0 Å². The molecular formula is C26H50S2Si2Sn2. The topological polar surface area (TPSA) is 0 Å². The van der Waals surface area contributed by atoms with E-state index < -0.39 is 36.8 Å². The van der Waals surface area contributed by atoms with Gasteiger partial charge in [0, 0.05) is 0 Å². The molecule has 4 unspecified atom stereocenters. The third kappa shape index (κ3) is 9.11. The van der Waals surface area contributed by atoms with Gasteiger partial charge in [0.2, 0.25) is 0 Å². The molecule has 0 saturated heterocycles. The molecule has 0 aromatic carbocycles. The van der Waals surface area contributed by atoms with Gasteiger partial charge >= 0.3 is 224 Å². The van der Waals surface area contributed by atoms with Gasteiger partial charge in [0.25, 0.3) is 0 Å². The van der Waals surface area contributed by atoms with E-state index in [1.807, 2.05) is 16.2 Å². The summed E-state index contributed by atoms with van der Waals surface area (Å²) in [6, 6.07) is 0. The summed E-state index contributed by atoms with van der Waals surface area (Å²) in [4.78, 5) is 15.8. The van der Waals surface area contributed by atoms with Crippen molar-refractivity contribution in [3.63, 3.8) is 0 Å². The van der Waals surface area contributed by atoms with Crippen molar-refractivity contribution in [2.45, 2.75) is 117 Å². The number of unbranched alkanes of at least 4 members (excludes halogenated alkanes) is 2. The molecule has 0 radical (unpaired) electrons. The monoisotopic (exact) mass is 722 g/mol. The minimum atomic E-state index is -2.05. The van der Waals surface area contributed by atoms with Gasteiger partial charge in [0.05, 0.1) is 0 Å². The number of rotatable bonds is 11. The number of hydrogen-bond donors (Lipinski definition) is 0. The van der Waals surface area contributed by atoms with Gasteiger partial charge in [-0.3, -0.25) is 0 Å². The van der Waals surface area contributed by atoms with Crippen LogP contribution < -0.4 is 0 Å². The molecule has 0 N–H and O–H groups in total. The minimum absolute atomic E-state index is 0.436. The molecule has 0 aromatic heterocycles. The SMILES string of the molecule is CCCCC(C)[SiH]=C1C=[C]([Sn]([CH3])([CH3])[CH3])SC1C1S[C]([Sn]([CH3])([CH3])[CH3])=CC1=[SiH]C(C)CCCC. The second-order valence-corrected chi connectivity index (χ2v) is 49.6. The van der Waals surface area contributed by atoms with Gasteiger partial charge in [-0.05, 0) is 0 Å². The molecule has 2 aliphatic heterocycles. The molecule has 2 aliphatic rings. The zero-order valence-electron chi connectivity index (χ0n) is 22.7. The van der Waals surface area contributed by atoms with Crippen LogP contribution in [0.25, 0.3) is 0 Å². The van der Waals surface area contributed by atoms with E-state index in [2.05, 4.69) is 93.0 Å². The standard InChI is InChI=1S/C20H32S2Si2.6CH3.2Sn/c1-5-7-9-15(3)23-17-11-13-21-19(17)20-18(12-14-22-20)24-16(4)10-8-6-2;;;;;;;;/h11-12,15-16,19-20,23-24H,5-10H2,1-4H3;6*1H3;;. The first-order valence-corrected chi connectivity index (χ1v) is 37.3. The Labute approximate surface area is 222 Å². The molecule has 182 valence electrons. The molecule has 0 spiro atoms. The summed E-state index contributed by atoms with van der Waals surface area (Å²) in [7, 11) is 0.872. The van der Waals surface area contributed by atoms with Crippen LogP contribution in [0.1, 0.15) is 66.2 Å². The maximum absolute atomic E-state index is 2.77. The summed E-state index contributed by atoms with van der Waals surface area (Å²) in [5.41, 5.74) is 1.83. The van der Waals surface area contributed by atoms with Crippen molar-refractivity contribution >= 4 is 88.9 Å². The van der Waals surface area contributed by atoms with Crippen LogP contribution in [-0.4, -0.2) is 75.9 Å². The molecule has 32 heavy (non-hydrogen) atoms. The molecule has 0 amide bonds. The van der Waals surface area contributed by atoms with Crippen LogP contribution in [0, 0.1) is 0 Å². The first kappa shape index (κ1) is 30.2. The Bertz CT molecular complexity index is 693. The average molecular weight is 720 g/mol. The van der Waals surface area contributed by atoms with E-state index in [-0.39, 0.29) is 0 Å². The van der Waals surface area contributed by atoms with Crippen molar-refractivity contribution in [1.29, 1.82) is 0 Å². The molecule has 0 fully saturated rings. The molecule has 4 atom stereocenters. The van der Waals surface area contributed by atoms with Crippen LogP contribution >= 0.6 is 23.5 Å². The molecule has 0 nitrogen and oxygen atoms in total.